The lowest BCUT2D eigenvalue weighted by atomic mass is 10.1. The number of carbonyl (C=O) groups is 2. The average molecular weight is 453 g/mol. The largest absolute Gasteiger partial charge is 0.353 e. The van der Waals surface area contributed by atoms with Crippen LogP contribution in [-0.2, 0) is 4.79 Å². The number of rotatable bonds is 5. The van der Waals surface area contributed by atoms with Crippen LogP contribution >= 0.6 is 0 Å². The zero-order valence-corrected chi connectivity index (χ0v) is 18.0. The molecule has 0 bridgehead atoms. The number of carbonyl (C=O) groups excluding carboxylic acids is 2. The summed E-state index contributed by atoms with van der Waals surface area (Å²) in [5.74, 6) is 4.91. The average Bonchev–Trinajstić information content (AvgIpc) is 3.48. The molecular weight excluding hydrogens is 434 g/mol. The van der Waals surface area contributed by atoms with Gasteiger partial charge < -0.3 is 16.1 Å². The Morgan fingerprint density at radius 3 is 2.68 bits per heavy atom. The third-order valence-corrected chi connectivity index (χ3v) is 5.40. The Kier molecular flexibility index (Phi) is 5.26. The Bertz CT molecular complexity index is 1560. The first-order valence-corrected chi connectivity index (χ1v) is 10.4. The van der Waals surface area contributed by atoms with Gasteiger partial charge in [-0.3, -0.25) is 14.7 Å². The fourth-order valence-corrected chi connectivity index (χ4v) is 3.71. The van der Waals surface area contributed by atoms with Crippen molar-refractivity contribution in [1.82, 2.24) is 25.1 Å². The van der Waals surface area contributed by atoms with Gasteiger partial charge in [0.15, 0.2) is 5.65 Å². The quantitative estimate of drug-likeness (QED) is 0.178. The minimum absolute atomic E-state index is 0.0966. The van der Waals surface area contributed by atoms with Gasteiger partial charge in [-0.2, -0.15) is 5.10 Å². The Balaban J connectivity index is 1.54. The third-order valence-electron chi connectivity index (χ3n) is 5.40. The Hall–Kier alpha value is -4.93. The van der Waals surface area contributed by atoms with Gasteiger partial charge in [0, 0.05) is 46.2 Å². The van der Waals surface area contributed by atoms with E-state index in [2.05, 4.69) is 40.8 Å². The van der Waals surface area contributed by atoms with E-state index in [1.54, 1.807) is 37.5 Å². The highest BCUT2D eigenvalue weighted by molar-refractivity contribution is 6.08. The van der Waals surface area contributed by atoms with E-state index in [-0.39, 0.29) is 5.91 Å². The van der Waals surface area contributed by atoms with Crippen molar-refractivity contribution in [2.45, 2.75) is 13.3 Å². The van der Waals surface area contributed by atoms with E-state index in [1.807, 2.05) is 24.3 Å². The summed E-state index contributed by atoms with van der Waals surface area (Å²) in [6.45, 7) is 1.78. The number of aromatic amines is 2. The molecule has 0 aliphatic rings. The maximum atomic E-state index is 12.3. The smallest absolute Gasteiger partial charge is 0.297 e. The maximum absolute atomic E-state index is 12.3. The molecule has 0 atom stereocenters. The standard InChI is InChI=1S/C23H19N9O2/c1-2-20(33)28-19-7-6-12(10-25-19)13-8-16-21(29-30-22(16)26-11-13)18-9-15-14(23(34)31-32-24)4-3-5-17(15)27-18/h3-11,27H,2H2,1H3,(H2,24,31,34)(H,25,28,33)(H,26,29,30). The highest BCUT2D eigenvalue weighted by atomic mass is 16.2. The van der Waals surface area contributed by atoms with Crippen molar-refractivity contribution in [1.29, 1.82) is 0 Å². The van der Waals surface area contributed by atoms with Crippen LogP contribution in [0.3, 0.4) is 0 Å². The van der Waals surface area contributed by atoms with E-state index >= 15 is 0 Å². The van der Waals surface area contributed by atoms with Crippen LogP contribution in [-0.4, -0.2) is 37.0 Å². The van der Waals surface area contributed by atoms with Crippen LogP contribution in [0, 0.1) is 0 Å². The minimum atomic E-state index is -0.527. The van der Waals surface area contributed by atoms with Crippen LogP contribution in [0.15, 0.2) is 65.2 Å². The first kappa shape index (κ1) is 20.9. The lowest BCUT2D eigenvalue weighted by Crippen LogP contribution is -2.10. The number of pyridine rings is 2. The molecule has 0 spiro atoms. The number of nitrogens with zero attached hydrogens (tertiary/aromatic N) is 5. The maximum Gasteiger partial charge on any atom is 0.297 e. The van der Waals surface area contributed by atoms with Crippen molar-refractivity contribution in [2.75, 3.05) is 5.32 Å². The molecule has 5 rings (SSSR count). The van der Waals surface area contributed by atoms with Crippen LogP contribution in [0.2, 0.25) is 0 Å². The molecule has 2 amide bonds. The minimum Gasteiger partial charge on any atom is -0.353 e. The van der Waals surface area contributed by atoms with Gasteiger partial charge in [0.25, 0.3) is 5.91 Å². The first-order valence-electron chi connectivity index (χ1n) is 10.4. The molecule has 5 N–H and O–H groups in total. The molecule has 4 aromatic heterocycles. The number of hydrogen-bond acceptors (Lipinski definition) is 6. The van der Waals surface area contributed by atoms with Gasteiger partial charge in [0.1, 0.15) is 11.5 Å². The molecule has 0 radical (unpaired) electrons. The summed E-state index contributed by atoms with van der Waals surface area (Å²) < 4.78 is 0. The van der Waals surface area contributed by atoms with Crippen molar-refractivity contribution in [3.8, 4) is 22.5 Å². The van der Waals surface area contributed by atoms with Crippen LogP contribution in [0.25, 0.3) is 44.5 Å². The fraction of sp³-hybridized carbons (Fsp3) is 0.0870. The van der Waals surface area contributed by atoms with Crippen LogP contribution in [0.5, 0.6) is 0 Å². The third kappa shape index (κ3) is 3.75. The topological polar surface area (TPSA) is 167 Å². The van der Waals surface area contributed by atoms with Crippen molar-refractivity contribution in [2.24, 2.45) is 16.2 Å². The molecule has 5 aromatic rings. The van der Waals surface area contributed by atoms with Gasteiger partial charge in [-0.25, -0.2) is 9.97 Å². The molecule has 4 heterocycles. The second-order valence-corrected chi connectivity index (χ2v) is 7.50. The molecule has 0 aliphatic carbocycles. The molecule has 168 valence electrons. The second kappa shape index (κ2) is 8.54. The molecule has 11 heteroatoms. The summed E-state index contributed by atoms with van der Waals surface area (Å²) in [6, 6.07) is 12.7. The highest BCUT2D eigenvalue weighted by Crippen LogP contribution is 2.32. The number of H-pyrrole nitrogens is 2. The van der Waals surface area contributed by atoms with Gasteiger partial charge in [-0.05, 0) is 36.4 Å². The van der Waals surface area contributed by atoms with Gasteiger partial charge in [0.05, 0.1) is 11.3 Å². The summed E-state index contributed by atoms with van der Waals surface area (Å²) in [4.78, 5) is 35.9. The predicted octanol–water partition coefficient (Wildman–Crippen LogP) is 3.98. The number of nitrogens with two attached hydrogens (primary N) is 1. The van der Waals surface area contributed by atoms with Crippen molar-refractivity contribution in [3.63, 3.8) is 0 Å². The predicted molar refractivity (Wildman–Crippen MR) is 127 cm³/mol. The van der Waals surface area contributed by atoms with Gasteiger partial charge in [-0.1, -0.05) is 23.3 Å². The van der Waals surface area contributed by atoms with Crippen molar-refractivity contribution >= 4 is 39.6 Å². The number of benzene rings is 1. The van der Waals surface area contributed by atoms with E-state index in [0.717, 1.165) is 22.0 Å². The normalized spacial score (nSPS) is 11.4. The molecule has 0 saturated heterocycles. The summed E-state index contributed by atoms with van der Waals surface area (Å²) in [7, 11) is 0. The Labute approximate surface area is 192 Å². The van der Waals surface area contributed by atoms with E-state index < -0.39 is 5.91 Å². The Morgan fingerprint density at radius 1 is 1.06 bits per heavy atom. The molecule has 0 saturated carbocycles. The fourth-order valence-electron chi connectivity index (χ4n) is 3.71. The van der Waals surface area contributed by atoms with Gasteiger partial charge in [-0.15, -0.1) is 0 Å². The molecule has 0 fully saturated rings. The van der Waals surface area contributed by atoms with E-state index in [0.29, 0.717) is 40.2 Å². The van der Waals surface area contributed by atoms with Crippen LogP contribution in [0.4, 0.5) is 5.82 Å². The molecule has 11 nitrogen and oxygen atoms in total. The summed E-state index contributed by atoms with van der Waals surface area (Å²) in [5.41, 5.74) is 4.79. The monoisotopic (exact) mass is 453 g/mol. The molecule has 1 aromatic carbocycles. The first-order chi connectivity index (χ1) is 16.6. The summed E-state index contributed by atoms with van der Waals surface area (Å²) >= 11 is 0. The lowest BCUT2D eigenvalue weighted by Gasteiger charge is -2.05. The highest BCUT2D eigenvalue weighted by Gasteiger charge is 2.16. The molecule has 34 heavy (non-hydrogen) atoms. The summed E-state index contributed by atoms with van der Waals surface area (Å²) in [5, 5.41) is 18.1. The number of anilines is 1. The van der Waals surface area contributed by atoms with Crippen molar-refractivity contribution in [3.05, 3.63) is 60.4 Å². The molecular formula is C23H19N9O2. The van der Waals surface area contributed by atoms with Crippen LogP contribution < -0.4 is 11.2 Å². The van der Waals surface area contributed by atoms with E-state index in [1.165, 1.54) is 0 Å². The molecule has 0 unspecified atom stereocenters. The summed E-state index contributed by atoms with van der Waals surface area (Å²) in [6.07, 6.45) is 3.79. The zero-order valence-electron chi connectivity index (χ0n) is 18.0. The van der Waals surface area contributed by atoms with Crippen molar-refractivity contribution < 1.29 is 9.59 Å². The number of nitrogens with one attached hydrogen (secondary N) is 3. The number of fused-ring (bicyclic) bond motifs is 2. The van der Waals surface area contributed by atoms with E-state index in [9.17, 15) is 9.59 Å². The van der Waals surface area contributed by atoms with E-state index in [4.69, 9.17) is 5.84 Å². The van der Waals surface area contributed by atoms with Gasteiger partial charge >= 0.3 is 0 Å². The van der Waals surface area contributed by atoms with Gasteiger partial charge in [0.2, 0.25) is 5.91 Å². The molecule has 0 aliphatic heterocycles. The number of aromatic nitrogens is 5. The zero-order chi connectivity index (χ0) is 23.7. The lowest BCUT2D eigenvalue weighted by molar-refractivity contribution is -0.115. The number of amides is 2. The second-order valence-electron chi connectivity index (χ2n) is 7.50. The van der Waals surface area contributed by atoms with Crippen LogP contribution in [0.1, 0.15) is 23.7 Å². The Morgan fingerprint density at radius 2 is 1.91 bits per heavy atom. The number of hydrogen-bond donors (Lipinski definition) is 4. The SMILES string of the molecule is CCC(=O)Nc1ccc(-c2cnc3[nH]nc(-c4cc5c(C(=O)N=NN)cccc5[nH]4)c3c2)cn1.